The molecule has 1 rings (SSSR count). The van der Waals surface area contributed by atoms with Gasteiger partial charge in [-0.2, -0.15) is 0 Å². The van der Waals surface area contributed by atoms with E-state index in [2.05, 4.69) is 0 Å². The van der Waals surface area contributed by atoms with E-state index >= 15 is 0 Å². The summed E-state index contributed by atoms with van der Waals surface area (Å²) in [7, 11) is 0. The Balaban J connectivity index is 2.51. The molecule has 1 aromatic heterocycles. The number of ketones is 1. The molecule has 0 aliphatic heterocycles. The maximum Gasteiger partial charge on any atom is 0.307 e. The summed E-state index contributed by atoms with van der Waals surface area (Å²) in [5.41, 5.74) is 1.06. The first kappa shape index (κ1) is 12.2. The Bertz CT molecular complexity index is 403. The Kier molecular flexibility index (Phi) is 4.27. The Labute approximate surface area is 93.7 Å². The van der Waals surface area contributed by atoms with Crippen LogP contribution in [0.3, 0.4) is 0 Å². The quantitative estimate of drug-likeness (QED) is 0.724. The molecule has 4 heteroatoms. The van der Waals surface area contributed by atoms with E-state index in [0.29, 0.717) is 6.42 Å². The largest absolute Gasteiger partial charge is 0.307 e. The van der Waals surface area contributed by atoms with Gasteiger partial charge in [-0.15, -0.1) is 0 Å². The van der Waals surface area contributed by atoms with E-state index in [1.807, 2.05) is 13.8 Å². The van der Waals surface area contributed by atoms with Gasteiger partial charge < -0.3 is 9.36 Å². The van der Waals surface area contributed by atoms with E-state index in [-0.39, 0.29) is 10.7 Å². The van der Waals surface area contributed by atoms with Crippen LogP contribution in [0.2, 0.25) is 0 Å². The van der Waals surface area contributed by atoms with E-state index < -0.39 is 0 Å². The van der Waals surface area contributed by atoms with Crippen LogP contribution in [0.4, 0.5) is 0 Å². The van der Waals surface area contributed by atoms with Crippen LogP contribution in [0.15, 0.2) is 4.79 Å². The zero-order valence-corrected chi connectivity index (χ0v) is 10.3. The first-order valence-corrected chi connectivity index (χ1v) is 6.00. The van der Waals surface area contributed by atoms with Crippen LogP contribution >= 0.6 is 11.3 Å². The topological polar surface area (TPSA) is 39.1 Å². The maximum absolute atomic E-state index is 11.5. The molecule has 0 bridgehead atoms. The minimum Gasteiger partial charge on any atom is -0.303 e. The third-order valence-corrected chi connectivity index (χ3v) is 3.53. The lowest BCUT2D eigenvalue weighted by molar-refractivity contribution is -0.117. The fourth-order valence-corrected chi connectivity index (χ4v) is 2.35. The molecule has 0 fully saturated rings. The lowest BCUT2D eigenvalue weighted by atomic mass is 10.2. The Morgan fingerprint density at radius 3 is 2.47 bits per heavy atom. The highest BCUT2D eigenvalue weighted by molar-refractivity contribution is 7.09. The predicted molar refractivity (Wildman–Crippen MR) is 62.6 cm³/mol. The molecule has 0 spiro atoms. The van der Waals surface area contributed by atoms with Crippen molar-refractivity contribution in [2.75, 3.05) is 0 Å². The van der Waals surface area contributed by atoms with Crippen molar-refractivity contribution in [3.63, 3.8) is 0 Å². The van der Waals surface area contributed by atoms with E-state index in [1.54, 1.807) is 11.5 Å². The van der Waals surface area contributed by atoms with Crippen LogP contribution in [0, 0.1) is 13.8 Å². The second-order valence-corrected chi connectivity index (χ2v) is 4.99. The molecule has 0 radical (unpaired) electrons. The first-order valence-electron chi connectivity index (χ1n) is 5.18. The minimum atomic E-state index is 0.118. The summed E-state index contributed by atoms with van der Waals surface area (Å²) in [5, 5.41) is 0. The van der Waals surface area contributed by atoms with Crippen molar-refractivity contribution in [2.45, 2.75) is 46.6 Å². The summed E-state index contributed by atoms with van der Waals surface area (Å²) < 4.78 is 1.81. The summed E-state index contributed by atoms with van der Waals surface area (Å²) >= 11 is 1.30. The number of thiazole rings is 1. The molecule has 0 aliphatic rings. The van der Waals surface area contributed by atoms with Crippen LogP contribution in [-0.2, 0) is 11.3 Å². The number of aromatic nitrogens is 1. The average Bonchev–Trinajstić information content (AvgIpc) is 2.37. The molecular weight excluding hydrogens is 210 g/mol. The highest BCUT2D eigenvalue weighted by atomic mass is 32.1. The van der Waals surface area contributed by atoms with Crippen LogP contribution in [-0.4, -0.2) is 10.4 Å². The highest BCUT2D eigenvalue weighted by Gasteiger charge is 2.06. The lowest BCUT2D eigenvalue weighted by Gasteiger charge is -2.03. The minimum absolute atomic E-state index is 0.118. The lowest BCUT2D eigenvalue weighted by Crippen LogP contribution is -2.14. The number of aryl methyl sites for hydroxylation is 1. The van der Waals surface area contributed by atoms with Gasteiger partial charge in [-0.3, -0.25) is 4.79 Å². The normalized spacial score (nSPS) is 10.6. The van der Waals surface area contributed by atoms with Crippen molar-refractivity contribution < 1.29 is 4.79 Å². The molecule has 0 N–H and O–H groups in total. The smallest absolute Gasteiger partial charge is 0.303 e. The zero-order valence-electron chi connectivity index (χ0n) is 9.50. The van der Waals surface area contributed by atoms with Gasteiger partial charge in [0, 0.05) is 23.5 Å². The van der Waals surface area contributed by atoms with Gasteiger partial charge in [-0.05, 0) is 33.6 Å². The first-order chi connectivity index (χ1) is 7.02. The average molecular weight is 227 g/mol. The van der Waals surface area contributed by atoms with Crippen LogP contribution in [0.5, 0.6) is 0 Å². The molecular formula is C11H17NO2S. The molecule has 0 atom stereocenters. The standard InChI is InChI=1S/C11H17NO2S/c1-8(13)6-4-5-7-12-9(2)10(3)15-11(12)14/h4-7H2,1-3H3. The molecule has 0 aliphatic carbocycles. The molecule has 0 saturated carbocycles. The van der Waals surface area contributed by atoms with Crippen LogP contribution in [0.25, 0.3) is 0 Å². The molecule has 1 aromatic rings. The van der Waals surface area contributed by atoms with Gasteiger partial charge >= 0.3 is 4.87 Å². The van der Waals surface area contributed by atoms with E-state index in [1.165, 1.54) is 11.3 Å². The fourth-order valence-electron chi connectivity index (χ4n) is 1.49. The number of carbonyl (C=O) groups excluding carboxylic acids is 1. The van der Waals surface area contributed by atoms with E-state index in [9.17, 15) is 9.59 Å². The van der Waals surface area contributed by atoms with Crippen molar-refractivity contribution in [1.82, 2.24) is 4.57 Å². The summed E-state index contributed by atoms with van der Waals surface area (Å²) in [4.78, 5) is 23.4. The number of hydrogen-bond acceptors (Lipinski definition) is 3. The summed E-state index contributed by atoms with van der Waals surface area (Å²) in [5.74, 6) is 0.223. The molecule has 15 heavy (non-hydrogen) atoms. The van der Waals surface area contributed by atoms with Crippen molar-refractivity contribution >= 4 is 17.1 Å². The van der Waals surface area contributed by atoms with Crippen LogP contribution < -0.4 is 4.87 Å². The zero-order chi connectivity index (χ0) is 11.4. The molecule has 0 amide bonds. The summed E-state index contributed by atoms with van der Waals surface area (Å²) in [6.45, 7) is 6.28. The van der Waals surface area contributed by atoms with Crippen molar-refractivity contribution in [1.29, 1.82) is 0 Å². The number of carbonyl (C=O) groups is 1. The Morgan fingerprint density at radius 2 is 2.00 bits per heavy atom. The van der Waals surface area contributed by atoms with Gasteiger partial charge in [0.05, 0.1) is 0 Å². The number of rotatable bonds is 5. The molecule has 1 heterocycles. The third-order valence-electron chi connectivity index (χ3n) is 2.54. The van der Waals surface area contributed by atoms with Gasteiger partial charge in [0.2, 0.25) is 0 Å². The van der Waals surface area contributed by atoms with Crippen molar-refractivity contribution in [3.05, 3.63) is 20.2 Å². The summed E-state index contributed by atoms with van der Waals surface area (Å²) in [6, 6.07) is 0. The van der Waals surface area contributed by atoms with Gasteiger partial charge in [0.15, 0.2) is 0 Å². The molecule has 0 saturated heterocycles. The second kappa shape index (κ2) is 5.26. The molecule has 84 valence electrons. The second-order valence-electron chi connectivity index (χ2n) is 3.82. The van der Waals surface area contributed by atoms with Gasteiger partial charge in [0.1, 0.15) is 5.78 Å². The van der Waals surface area contributed by atoms with Gasteiger partial charge in [-0.25, -0.2) is 0 Å². The Morgan fingerprint density at radius 1 is 1.33 bits per heavy atom. The van der Waals surface area contributed by atoms with Gasteiger partial charge in [-0.1, -0.05) is 11.3 Å². The van der Waals surface area contributed by atoms with Crippen molar-refractivity contribution in [3.8, 4) is 0 Å². The highest BCUT2D eigenvalue weighted by Crippen LogP contribution is 2.10. The number of unbranched alkanes of at least 4 members (excludes halogenated alkanes) is 1. The Hall–Kier alpha value is -0.900. The van der Waals surface area contributed by atoms with E-state index in [4.69, 9.17) is 0 Å². The monoisotopic (exact) mass is 227 g/mol. The fraction of sp³-hybridized carbons (Fsp3) is 0.636. The number of Topliss-reactive ketones (excluding diaryl/α,β-unsaturated/α-hetero) is 1. The number of nitrogens with zero attached hydrogens (tertiary/aromatic N) is 1. The summed E-state index contributed by atoms with van der Waals surface area (Å²) in [6.07, 6.45) is 2.39. The van der Waals surface area contributed by atoms with E-state index in [0.717, 1.165) is 30.0 Å². The van der Waals surface area contributed by atoms with Gasteiger partial charge in [0.25, 0.3) is 0 Å². The SMILES string of the molecule is CC(=O)CCCCn1c(C)c(C)sc1=O. The molecule has 3 nitrogen and oxygen atoms in total. The predicted octanol–water partition coefficient (Wildman–Crippen LogP) is 2.29. The molecule has 0 unspecified atom stereocenters. The van der Waals surface area contributed by atoms with Crippen molar-refractivity contribution in [2.24, 2.45) is 0 Å². The number of hydrogen-bond donors (Lipinski definition) is 0. The van der Waals surface area contributed by atoms with Crippen LogP contribution in [0.1, 0.15) is 36.8 Å². The third kappa shape index (κ3) is 3.30. The molecule has 0 aromatic carbocycles. The maximum atomic E-state index is 11.5.